The number of hydrogen-bond acceptors (Lipinski definition) is 1. The summed E-state index contributed by atoms with van der Waals surface area (Å²) in [5.74, 6) is 0. The number of thiophene rings is 1. The Morgan fingerprint density at radius 1 is 1.78 bits per heavy atom. The Balaban J connectivity index is 2.80. The van der Waals surface area contributed by atoms with Gasteiger partial charge in [0.15, 0.2) is 0 Å². The summed E-state index contributed by atoms with van der Waals surface area (Å²) in [6.45, 7) is 3.64. The van der Waals surface area contributed by atoms with Crippen LogP contribution in [0.2, 0.25) is 0 Å². The van der Waals surface area contributed by atoms with Crippen LogP contribution in [0.5, 0.6) is 0 Å². The van der Waals surface area contributed by atoms with E-state index < -0.39 is 0 Å². The minimum absolute atomic E-state index is 0.905. The van der Waals surface area contributed by atoms with E-state index in [4.69, 9.17) is 12.6 Å². The maximum atomic E-state index is 5.02. The molecule has 0 aliphatic rings. The molecule has 0 unspecified atom stereocenters. The molecule has 1 rings (SSSR count). The van der Waals surface area contributed by atoms with Crippen molar-refractivity contribution in [1.82, 2.24) is 0 Å². The van der Waals surface area contributed by atoms with Crippen LogP contribution < -0.4 is 0 Å². The smallest absolute Gasteiger partial charge is 0.0934 e. The lowest BCUT2D eigenvalue weighted by Gasteiger charge is -1.87. The van der Waals surface area contributed by atoms with Crippen molar-refractivity contribution >= 4 is 24.0 Å². The summed E-state index contributed by atoms with van der Waals surface area (Å²) in [6, 6.07) is 2.05. The van der Waals surface area contributed by atoms with Gasteiger partial charge in [0.2, 0.25) is 0 Å². The molecule has 1 heterocycles. The molecule has 1 aromatic rings. The topological polar surface area (TPSA) is 0 Å². The first-order chi connectivity index (χ1) is 4.34. The zero-order valence-electron chi connectivity index (χ0n) is 4.96. The van der Waals surface area contributed by atoms with Crippen molar-refractivity contribution in [2.75, 3.05) is 0 Å². The van der Waals surface area contributed by atoms with Gasteiger partial charge in [0.05, 0.1) is 4.21 Å². The average Bonchev–Trinajstić information content (AvgIpc) is 2.18. The van der Waals surface area contributed by atoms with Gasteiger partial charge >= 0.3 is 0 Å². The van der Waals surface area contributed by atoms with Crippen LogP contribution in [0.3, 0.4) is 0 Å². The first kappa shape index (κ1) is 6.78. The Morgan fingerprint density at radius 3 is 3.00 bits per heavy atom. The van der Waals surface area contributed by atoms with Crippen molar-refractivity contribution < 1.29 is 0 Å². The third-order valence-electron chi connectivity index (χ3n) is 1.07. The van der Waals surface area contributed by atoms with Crippen molar-refractivity contribution in [1.29, 1.82) is 0 Å². The predicted molar refractivity (Wildman–Crippen MR) is 44.1 cm³/mol. The molecular weight excluding hydrogens is 148 g/mol. The van der Waals surface area contributed by atoms with Crippen LogP contribution in [0.15, 0.2) is 28.3 Å². The Labute approximate surface area is 64.6 Å². The molecule has 0 amide bonds. The fourth-order valence-corrected chi connectivity index (χ4v) is 1.61. The Morgan fingerprint density at radius 2 is 2.56 bits per heavy atom. The molecule has 0 fully saturated rings. The van der Waals surface area contributed by atoms with Gasteiger partial charge in [-0.2, -0.15) is 0 Å². The molecule has 2 heteroatoms. The number of hydrogen-bond donors (Lipinski definition) is 0. The lowest BCUT2D eigenvalue weighted by Crippen LogP contribution is -1.73. The van der Waals surface area contributed by atoms with E-state index in [0.29, 0.717) is 0 Å². The Bertz CT molecular complexity index is 200. The van der Waals surface area contributed by atoms with Crippen LogP contribution in [0.25, 0.3) is 0 Å². The fraction of sp³-hybridized carbons (Fsp3) is 0.143. The molecule has 0 bridgehead atoms. The van der Waals surface area contributed by atoms with Crippen molar-refractivity contribution in [3.05, 3.63) is 29.7 Å². The number of allylic oxidation sites excluding steroid dienone is 1. The van der Waals surface area contributed by atoms with Gasteiger partial charge in [0, 0.05) is 0 Å². The van der Waals surface area contributed by atoms with Crippen LogP contribution in [0, 0.1) is 0 Å². The molecule has 0 saturated heterocycles. The van der Waals surface area contributed by atoms with Gasteiger partial charge in [-0.15, -0.1) is 17.9 Å². The van der Waals surface area contributed by atoms with E-state index in [0.717, 1.165) is 10.6 Å². The average molecular weight is 155 g/mol. The first-order valence-electron chi connectivity index (χ1n) is 2.69. The van der Waals surface area contributed by atoms with Gasteiger partial charge in [0.25, 0.3) is 0 Å². The highest BCUT2D eigenvalue weighted by Crippen LogP contribution is 2.20. The van der Waals surface area contributed by atoms with Crippen LogP contribution >= 0.6 is 24.0 Å². The van der Waals surface area contributed by atoms with Gasteiger partial charge in [0.1, 0.15) is 0 Å². The monoisotopic (exact) mass is 155 g/mol. The maximum absolute atomic E-state index is 5.02. The summed E-state index contributed by atoms with van der Waals surface area (Å²) in [5, 5.41) is 2.02. The van der Waals surface area contributed by atoms with Crippen molar-refractivity contribution in [3.63, 3.8) is 0 Å². The molecule has 0 aromatic carbocycles. The molecule has 47 valence electrons. The van der Waals surface area contributed by atoms with E-state index in [1.807, 2.05) is 11.5 Å². The Hall–Kier alpha value is -0.340. The summed E-state index contributed by atoms with van der Waals surface area (Å²) >= 11 is 6.63. The van der Waals surface area contributed by atoms with Gasteiger partial charge in [-0.1, -0.05) is 18.7 Å². The maximum Gasteiger partial charge on any atom is 0.0934 e. The van der Waals surface area contributed by atoms with E-state index >= 15 is 0 Å². The standard InChI is InChI=1S/C7H7S2/c1-2-3-6-4-5-9-7(6)8/h2,4-5H,1,3H2. The molecule has 0 nitrogen and oxygen atoms in total. The SMILES string of the molecule is C=CCc1ccsc1[S]. The summed E-state index contributed by atoms with van der Waals surface area (Å²) in [5.41, 5.74) is 1.23. The summed E-state index contributed by atoms with van der Waals surface area (Å²) in [7, 11) is 0. The molecule has 9 heavy (non-hydrogen) atoms. The van der Waals surface area contributed by atoms with Crippen LogP contribution in [0.4, 0.5) is 0 Å². The van der Waals surface area contributed by atoms with E-state index in [1.165, 1.54) is 5.56 Å². The van der Waals surface area contributed by atoms with E-state index in [1.54, 1.807) is 11.3 Å². The van der Waals surface area contributed by atoms with Crippen molar-refractivity contribution in [2.24, 2.45) is 0 Å². The quantitative estimate of drug-likeness (QED) is 0.576. The third-order valence-corrected chi connectivity index (χ3v) is 2.37. The molecule has 1 radical (unpaired) electrons. The molecular formula is C7H7S2. The zero-order chi connectivity index (χ0) is 6.69. The highest BCUT2D eigenvalue weighted by Gasteiger charge is 1.96. The van der Waals surface area contributed by atoms with Crippen molar-refractivity contribution in [2.45, 2.75) is 10.6 Å². The number of rotatable bonds is 2. The lowest BCUT2D eigenvalue weighted by atomic mass is 10.2. The second-order valence-corrected chi connectivity index (χ2v) is 3.31. The highest BCUT2D eigenvalue weighted by atomic mass is 32.2. The molecule has 0 aliphatic carbocycles. The van der Waals surface area contributed by atoms with Crippen LogP contribution in [0.1, 0.15) is 5.56 Å². The lowest BCUT2D eigenvalue weighted by molar-refractivity contribution is 1.25. The Kier molecular flexibility index (Phi) is 2.25. The second-order valence-electron chi connectivity index (χ2n) is 1.73. The largest absolute Gasteiger partial charge is 0.132 e. The summed E-state index contributed by atoms with van der Waals surface area (Å²) in [6.07, 6.45) is 2.78. The van der Waals surface area contributed by atoms with Gasteiger partial charge < -0.3 is 0 Å². The van der Waals surface area contributed by atoms with E-state index in [-0.39, 0.29) is 0 Å². The minimum Gasteiger partial charge on any atom is -0.132 e. The molecule has 0 spiro atoms. The summed E-state index contributed by atoms with van der Waals surface area (Å²) in [4.78, 5) is 0. The fourth-order valence-electron chi connectivity index (χ4n) is 0.629. The molecule has 0 N–H and O–H groups in total. The third kappa shape index (κ3) is 1.53. The second kappa shape index (κ2) is 2.99. The summed E-state index contributed by atoms with van der Waals surface area (Å²) < 4.78 is 0.995. The molecule has 0 aliphatic heterocycles. The predicted octanol–water partition coefficient (Wildman–Crippen LogP) is 3.03. The highest BCUT2D eigenvalue weighted by molar-refractivity contribution is 7.82. The van der Waals surface area contributed by atoms with Crippen LogP contribution in [-0.4, -0.2) is 0 Å². The van der Waals surface area contributed by atoms with Crippen molar-refractivity contribution in [3.8, 4) is 0 Å². The normalized spacial score (nSPS) is 9.33. The first-order valence-corrected chi connectivity index (χ1v) is 3.97. The zero-order valence-corrected chi connectivity index (χ0v) is 6.60. The molecule has 1 aromatic heterocycles. The van der Waals surface area contributed by atoms with Crippen LogP contribution in [-0.2, 0) is 6.42 Å². The van der Waals surface area contributed by atoms with E-state index in [9.17, 15) is 0 Å². The van der Waals surface area contributed by atoms with Gasteiger partial charge in [-0.3, -0.25) is 0 Å². The van der Waals surface area contributed by atoms with Gasteiger partial charge in [-0.05, 0) is 23.4 Å². The molecule has 0 atom stereocenters. The molecule has 0 saturated carbocycles. The van der Waals surface area contributed by atoms with Gasteiger partial charge in [-0.25, -0.2) is 0 Å². The minimum atomic E-state index is 0.905. The van der Waals surface area contributed by atoms with E-state index in [2.05, 4.69) is 12.6 Å².